The van der Waals surface area contributed by atoms with Crippen LogP contribution in [0.3, 0.4) is 0 Å². The van der Waals surface area contributed by atoms with Crippen LogP contribution < -0.4 is 5.84 Å². The number of aromatic nitrogens is 1. The topological polar surface area (TPSA) is 43.3 Å². The smallest absolute Gasteiger partial charge is 0.116 e. The number of hydrazone groups is 1. The van der Waals surface area contributed by atoms with Crippen molar-refractivity contribution < 1.29 is 0 Å². The summed E-state index contributed by atoms with van der Waals surface area (Å²) in [5, 5.41) is 3.84. The van der Waals surface area contributed by atoms with Gasteiger partial charge in [-0.05, 0) is 18.2 Å². The summed E-state index contributed by atoms with van der Waals surface area (Å²) in [4.78, 5) is 0. The fourth-order valence-corrected chi connectivity index (χ4v) is 1.94. The van der Waals surface area contributed by atoms with Gasteiger partial charge >= 0.3 is 0 Å². The summed E-state index contributed by atoms with van der Waals surface area (Å²) in [5.74, 6) is 5.40. The van der Waals surface area contributed by atoms with Crippen LogP contribution >= 0.6 is 0 Å². The van der Waals surface area contributed by atoms with Gasteiger partial charge in [-0.15, -0.1) is 0 Å². The minimum atomic E-state index is 0.866. The Bertz CT molecular complexity index is 523. The maximum atomic E-state index is 5.40. The third-order valence-corrected chi connectivity index (χ3v) is 2.54. The summed E-state index contributed by atoms with van der Waals surface area (Å²) in [6.45, 7) is 0. The molecule has 2 aromatic rings. The van der Waals surface area contributed by atoms with Gasteiger partial charge < -0.3 is 10.4 Å². The van der Waals surface area contributed by atoms with Crippen molar-refractivity contribution in [2.45, 2.75) is 0 Å². The summed E-state index contributed by atoms with van der Waals surface area (Å²) in [5.41, 5.74) is 4.18. The molecule has 3 rings (SSSR count). The third kappa shape index (κ3) is 0.738. The highest BCUT2D eigenvalue weighted by molar-refractivity contribution is 6.17. The molecule has 0 bridgehead atoms. The van der Waals surface area contributed by atoms with Gasteiger partial charge in [-0.3, -0.25) is 0 Å². The molecule has 1 aromatic carbocycles. The van der Waals surface area contributed by atoms with Crippen molar-refractivity contribution in [3.8, 4) is 5.69 Å². The van der Waals surface area contributed by atoms with Crippen LogP contribution in [-0.2, 0) is 0 Å². The van der Waals surface area contributed by atoms with Crippen LogP contribution in [0.5, 0.6) is 0 Å². The molecule has 3 nitrogen and oxygen atoms in total. The molecule has 1 aliphatic rings. The molecule has 0 spiro atoms. The van der Waals surface area contributed by atoms with E-state index in [1.165, 1.54) is 0 Å². The molecule has 0 fully saturated rings. The second kappa shape index (κ2) is 2.48. The van der Waals surface area contributed by atoms with Crippen molar-refractivity contribution >= 4 is 5.71 Å². The highest BCUT2D eigenvalue weighted by atomic mass is 15.2. The molecule has 0 saturated heterocycles. The Balaban J connectivity index is 2.42. The van der Waals surface area contributed by atoms with E-state index in [0.717, 1.165) is 22.7 Å². The fraction of sp³-hybridized carbons (Fsp3) is 0. The maximum Gasteiger partial charge on any atom is 0.116 e. The molecule has 1 aliphatic heterocycles. The number of para-hydroxylation sites is 1. The normalized spacial score (nSPS) is 15.6. The van der Waals surface area contributed by atoms with Gasteiger partial charge in [-0.25, -0.2) is 0 Å². The molecule has 2 heterocycles. The van der Waals surface area contributed by atoms with Crippen LogP contribution in [0.15, 0.2) is 47.7 Å². The molecule has 2 N–H and O–H groups in total. The number of nitrogens with two attached hydrogens (primary N) is 1. The standard InChI is InChI=1S/C11H9N3/c12-13-11-8-4-1-2-5-9(8)14-7-3-6-10(11)14/h1-7H,12H2/b13-11+. The number of nitrogens with zero attached hydrogens (tertiary/aromatic N) is 2. The summed E-state index contributed by atoms with van der Waals surface area (Å²) >= 11 is 0. The molecule has 68 valence electrons. The first-order valence-electron chi connectivity index (χ1n) is 4.47. The second-order valence-electron chi connectivity index (χ2n) is 3.26. The van der Waals surface area contributed by atoms with E-state index in [1.807, 2.05) is 36.5 Å². The van der Waals surface area contributed by atoms with Crippen molar-refractivity contribution in [1.82, 2.24) is 4.57 Å². The SMILES string of the molecule is N/N=C1\c2ccccc2-n2cccc21. The predicted molar refractivity (Wildman–Crippen MR) is 55.6 cm³/mol. The molecule has 0 saturated carbocycles. The molecule has 3 heteroatoms. The van der Waals surface area contributed by atoms with Crippen molar-refractivity contribution in [2.75, 3.05) is 0 Å². The van der Waals surface area contributed by atoms with Crippen LogP contribution in [0.25, 0.3) is 5.69 Å². The third-order valence-electron chi connectivity index (χ3n) is 2.54. The van der Waals surface area contributed by atoms with Crippen LogP contribution in [0.2, 0.25) is 0 Å². The van der Waals surface area contributed by atoms with E-state index < -0.39 is 0 Å². The van der Waals surface area contributed by atoms with Gasteiger partial charge in [0.1, 0.15) is 5.71 Å². The first-order valence-corrected chi connectivity index (χ1v) is 4.47. The molecule has 14 heavy (non-hydrogen) atoms. The Labute approximate surface area is 81.5 Å². The first kappa shape index (κ1) is 7.38. The summed E-state index contributed by atoms with van der Waals surface area (Å²) < 4.78 is 2.10. The Kier molecular flexibility index (Phi) is 1.31. The Morgan fingerprint density at radius 3 is 2.79 bits per heavy atom. The highest BCUT2D eigenvalue weighted by Crippen LogP contribution is 2.27. The van der Waals surface area contributed by atoms with E-state index in [4.69, 9.17) is 5.84 Å². The van der Waals surface area contributed by atoms with Crippen molar-refractivity contribution in [1.29, 1.82) is 0 Å². The van der Waals surface area contributed by atoms with Crippen LogP contribution in [-0.4, -0.2) is 10.3 Å². The number of hydrogen-bond acceptors (Lipinski definition) is 2. The summed E-state index contributed by atoms with van der Waals surface area (Å²) in [6, 6.07) is 12.1. The number of fused-ring (bicyclic) bond motifs is 3. The average Bonchev–Trinajstić information content (AvgIpc) is 2.77. The highest BCUT2D eigenvalue weighted by Gasteiger charge is 2.23. The minimum absolute atomic E-state index is 0.866. The van der Waals surface area contributed by atoms with E-state index in [0.29, 0.717) is 0 Å². The maximum absolute atomic E-state index is 5.40. The van der Waals surface area contributed by atoms with Gasteiger partial charge in [0.15, 0.2) is 0 Å². The van der Waals surface area contributed by atoms with Gasteiger partial charge in [-0.1, -0.05) is 18.2 Å². The largest absolute Gasteiger partial charge is 0.323 e. The van der Waals surface area contributed by atoms with E-state index >= 15 is 0 Å². The molecular formula is C11H9N3. The lowest BCUT2D eigenvalue weighted by molar-refractivity contribution is 1.09. The fourth-order valence-electron chi connectivity index (χ4n) is 1.94. The zero-order chi connectivity index (χ0) is 9.54. The second-order valence-corrected chi connectivity index (χ2v) is 3.26. The molecular weight excluding hydrogens is 174 g/mol. The number of hydrogen-bond donors (Lipinski definition) is 1. The lowest BCUT2D eigenvalue weighted by Gasteiger charge is -1.98. The molecule has 0 amide bonds. The molecule has 1 aromatic heterocycles. The van der Waals surface area contributed by atoms with Crippen molar-refractivity contribution in [3.63, 3.8) is 0 Å². The van der Waals surface area contributed by atoms with E-state index in [2.05, 4.69) is 15.7 Å². The zero-order valence-electron chi connectivity index (χ0n) is 7.51. The Morgan fingerprint density at radius 2 is 1.93 bits per heavy atom. The van der Waals surface area contributed by atoms with Crippen molar-refractivity contribution in [2.24, 2.45) is 10.9 Å². The molecule has 0 aliphatic carbocycles. The van der Waals surface area contributed by atoms with E-state index in [1.54, 1.807) is 0 Å². The lowest BCUT2D eigenvalue weighted by Crippen LogP contribution is -2.01. The molecule has 0 atom stereocenters. The summed E-state index contributed by atoms with van der Waals surface area (Å²) in [7, 11) is 0. The number of rotatable bonds is 0. The average molecular weight is 183 g/mol. The van der Waals surface area contributed by atoms with E-state index in [9.17, 15) is 0 Å². The van der Waals surface area contributed by atoms with Gasteiger partial charge in [0.05, 0.1) is 11.4 Å². The monoisotopic (exact) mass is 183 g/mol. The van der Waals surface area contributed by atoms with E-state index in [-0.39, 0.29) is 0 Å². The predicted octanol–water partition coefficient (Wildman–Crippen LogP) is 1.50. The Hall–Kier alpha value is -2.03. The van der Waals surface area contributed by atoms with Gasteiger partial charge in [-0.2, -0.15) is 5.10 Å². The molecule has 0 unspecified atom stereocenters. The van der Waals surface area contributed by atoms with Gasteiger partial charge in [0, 0.05) is 11.8 Å². The zero-order valence-corrected chi connectivity index (χ0v) is 7.51. The van der Waals surface area contributed by atoms with Crippen LogP contribution in [0.1, 0.15) is 11.3 Å². The van der Waals surface area contributed by atoms with Crippen molar-refractivity contribution in [3.05, 3.63) is 53.9 Å². The quantitative estimate of drug-likeness (QED) is 0.416. The first-order chi connectivity index (χ1) is 6.92. The van der Waals surface area contributed by atoms with Gasteiger partial charge in [0.25, 0.3) is 0 Å². The van der Waals surface area contributed by atoms with Crippen LogP contribution in [0.4, 0.5) is 0 Å². The lowest BCUT2D eigenvalue weighted by atomic mass is 10.1. The minimum Gasteiger partial charge on any atom is -0.323 e. The van der Waals surface area contributed by atoms with Gasteiger partial charge in [0.2, 0.25) is 0 Å². The molecule has 0 radical (unpaired) electrons. The number of benzene rings is 1. The Morgan fingerprint density at radius 1 is 1.07 bits per heavy atom. The van der Waals surface area contributed by atoms with Crippen LogP contribution in [0, 0.1) is 0 Å². The summed E-state index contributed by atoms with van der Waals surface area (Å²) in [6.07, 6.45) is 2.02.